The first kappa shape index (κ1) is 18.3. The van der Waals surface area contributed by atoms with Crippen LogP contribution in [-0.2, 0) is 23.9 Å². The van der Waals surface area contributed by atoms with E-state index in [-0.39, 0.29) is 26.1 Å². The lowest BCUT2D eigenvalue weighted by Crippen LogP contribution is -2.45. The quantitative estimate of drug-likeness (QED) is 0.450. The Bertz CT molecular complexity index is 334. The SMILES string of the molecule is CCOC(=O)[C@H](CO)NC(=O)CC[C@H](N)C(=O)OCC. The first-order chi connectivity index (χ1) is 9.46. The van der Waals surface area contributed by atoms with Crippen LogP contribution in [0.3, 0.4) is 0 Å². The third-order valence-electron chi connectivity index (χ3n) is 2.36. The topological polar surface area (TPSA) is 128 Å². The highest BCUT2D eigenvalue weighted by molar-refractivity contribution is 5.85. The number of rotatable bonds is 9. The Kier molecular flexibility index (Phi) is 9.31. The molecule has 1 amide bonds. The third kappa shape index (κ3) is 7.05. The minimum atomic E-state index is -1.11. The zero-order chi connectivity index (χ0) is 15.5. The highest BCUT2D eigenvalue weighted by Crippen LogP contribution is 1.99. The smallest absolute Gasteiger partial charge is 0.331 e. The van der Waals surface area contributed by atoms with Crippen molar-refractivity contribution in [3.63, 3.8) is 0 Å². The van der Waals surface area contributed by atoms with Gasteiger partial charge in [-0.1, -0.05) is 0 Å². The molecule has 20 heavy (non-hydrogen) atoms. The fraction of sp³-hybridized carbons (Fsp3) is 0.750. The summed E-state index contributed by atoms with van der Waals surface area (Å²) >= 11 is 0. The molecule has 0 aliphatic carbocycles. The maximum Gasteiger partial charge on any atom is 0.331 e. The van der Waals surface area contributed by atoms with Gasteiger partial charge in [-0.15, -0.1) is 0 Å². The van der Waals surface area contributed by atoms with E-state index in [1.54, 1.807) is 13.8 Å². The number of amides is 1. The number of nitrogens with one attached hydrogen (secondary N) is 1. The van der Waals surface area contributed by atoms with E-state index in [0.29, 0.717) is 0 Å². The van der Waals surface area contributed by atoms with Crippen molar-refractivity contribution in [1.82, 2.24) is 5.32 Å². The molecule has 2 atom stereocenters. The van der Waals surface area contributed by atoms with Gasteiger partial charge in [-0.3, -0.25) is 9.59 Å². The summed E-state index contributed by atoms with van der Waals surface area (Å²) in [4.78, 5) is 34.1. The van der Waals surface area contributed by atoms with Gasteiger partial charge < -0.3 is 25.6 Å². The van der Waals surface area contributed by atoms with Crippen LogP contribution in [0.4, 0.5) is 0 Å². The number of aliphatic hydroxyl groups excluding tert-OH is 1. The van der Waals surface area contributed by atoms with Gasteiger partial charge in [0.25, 0.3) is 0 Å². The van der Waals surface area contributed by atoms with Gasteiger partial charge in [0.15, 0.2) is 6.04 Å². The van der Waals surface area contributed by atoms with Crippen LogP contribution in [-0.4, -0.2) is 54.9 Å². The molecule has 0 aromatic carbocycles. The lowest BCUT2D eigenvalue weighted by molar-refractivity contribution is -0.149. The monoisotopic (exact) mass is 290 g/mol. The molecule has 0 spiro atoms. The summed E-state index contributed by atoms with van der Waals surface area (Å²) in [6.45, 7) is 3.08. The molecule has 0 aromatic heterocycles. The summed E-state index contributed by atoms with van der Waals surface area (Å²) in [5.41, 5.74) is 5.53. The van der Waals surface area contributed by atoms with Crippen molar-refractivity contribution in [1.29, 1.82) is 0 Å². The highest BCUT2D eigenvalue weighted by Gasteiger charge is 2.22. The second kappa shape index (κ2) is 10.2. The van der Waals surface area contributed by atoms with E-state index in [1.165, 1.54) is 0 Å². The zero-order valence-corrected chi connectivity index (χ0v) is 11.8. The Balaban J connectivity index is 4.14. The Labute approximate surface area is 117 Å². The number of carbonyl (C=O) groups is 3. The molecule has 0 rings (SSSR count). The van der Waals surface area contributed by atoms with Crippen LogP contribution in [0.25, 0.3) is 0 Å². The Morgan fingerprint density at radius 2 is 1.70 bits per heavy atom. The predicted octanol–water partition coefficient (Wildman–Crippen LogP) is -1.30. The van der Waals surface area contributed by atoms with Crippen molar-refractivity contribution < 1.29 is 29.0 Å². The number of aliphatic hydroxyl groups is 1. The molecule has 8 heteroatoms. The second-order valence-electron chi connectivity index (χ2n) is 3.95. The summed E-state index contributed by atoms with van der Waals surface area (Å²) in [7, 11) is 0. The molecule has 0 radical (unpaired) electrons. The first-order valence-corrected chi connectivity index (χ1v) is 6.45. The second-order valence-corrected chi connectivity index (χ2v) is 3.95. The molecular formula is C12H22N2O6. The molecule has 0 aliphatic heterocycles. The average molecular weight is 290 g/mol. The van der Waals surface area contributed by atoms with Crippen molar-refractivity contribution in [2.75, 3.05) is 19.8 Å². The van der Waals surface area contributed by atoms with E-state index in [1.807, 2.05) is 0 Å². The Hall–Kier alpha value is -1.67. The fourth-order valence-electron chi connectivity index (χ4n) is 1.34. The van der Waals surface area contributed by atoms with Gasteiger partial charge >= 0.3 is 11.9 Å². The van der Waals surface area contributed by atoms with Gasteiger partial charge in [-0.05, 0) is 20.3 Å². The van der Waals surface area contributed by atoms with E-state index in [4.69, 9.17) is 15.6 Å². The molecule has 116 valence electrons. The number of hydrogen-bond acceptors (Lipinski definition) is 7. The molecule has 0 unspecified atom stereocenters. The van der Waals surface area contributed by atoms with E-state index in [9.17, 15) is 14.4 Å². The maximum atomic E-state index is 11.6. The molecule has 0 aromatic rings. The zero-order valence-electron chi connectivity index (χ0n) is 11.8. The maximum absolute atomic E-state index is 11.6. The van der Waals surface area contributed by atoms with Crippen molar-refractivity contribution in [2.24, 2.45) is 5.73 Å². The number of carbonyl (C=O) groups excluding carboxylic acids is 3. The van der Waals surface area contributed by atoms with Gasteiger partial charge in [-0.2, -0.15) is 0 Å². The van der Waals surface area contributed by atoms with Crippen LogP contribution in [0.15, 0.2) is 0 Å². The largest absolute Gasteiger partial charge is 0.465 e. The van der Waals surface area contributed by atoms with E-state index < -0.39 is 36.5 Å². The minimum Gasteiger partial charge on any atom is -0.465 e. The first-order valence-electron chi connectivity index (χ1n) is 6.45. The average Bonchev–Trinajstić information content (AvgIpc) is 2.42. The van der Waals surface area contributed by atoms with E-state index in [0.717, 1.165) is 0 Å². The molecular weight excluding hydrogens is 268 g/mol. The van der Waals surface area contributed by atoms with Gasteiger partial charge in [0.1, 0.15) is 6.04 Å². The highest BCUT2D eigenvalue weighted by atomic mass is 16.5. The van der Waals surface area contributed by atoms with Crippen LogP contribution in [0.2, 0.25) is 0 Å². The molecule has 0 aliphatic rings. The van der Waals surface area contributed by atoms with Crippen LogP contribution >= 0.6 is 0 Å². The summed E-state index contributed by atoms with van der Waals surface area (Å²) in [6.07, 6.45) is 0.0293. The predicted molar refractivity (Wildman–Crippen MR) is 69.5 cm³/mol. The molecule has 4 N–H and O–H groups in total. The van der Waals surface area contributed by atoms with E-state index >= 15 is 0 Å². The molecule has 0 bridgehead atoms. The summed E-state index contributed by atoms with van der Waals surface area (Å²) in [6, 6.07) is -2.00. The Morgan fingerprint density at radius 1 is 1.15 bits per heavy atom. The summed E-state index contributed by atoms with van der Waals surface area (Å²) in [5, 5.41) is 11.3. The van der Waals surface area contributed by atoms with Gasteiger partial charge in [0.2, 0.25) is 5.91 Å². The van der Waals surface area contributed by atoms with Crippen LogP contribution in [0.5, 0.6) is 0 Å². The molecule has 0 heterocycles. The normalized spacial score (nSPS) is 13.2. The molecule has 0 saturated heterocycles. The summed E-state index contributed by atoms with van der Waals surface area (Å²) in [5.74, 6) is -1.79. The van der Waals surface area contributed by atoms with E-state index in [2.05, 4.69) is 10.1 Å². The number of esters is 2. The lowest BCUT2D eigenvalue weighted by atomic mass is 10.1. The number of nitrogens with two attached hydrogens (primary N) is 1. The van der Waals surface area contributed by atoms with Crippen LogP contribution < -0.4 is 11.1 Å². The van der Waals surface area contributed by atoms with Crippen molar-refractivity contribution in [3.8, 4) is 0 Å². The summed E-state index contributed by atoms with van der Waals surface area (Å²) < 4.78 is 9.38. The van der Waals surface area contributed by atoms with Crippen LogP contribution in [0.1, 0.15) is 26.7 Å². The molecule has 0 fully saturated rings. The standard InChI is InChI=1S/C12H22N2O6/c1-3-19-11(17)8(13)5-6-10(16)14-9(7-15)12(18)20-4-2/h8-9,15H,3-7,13H2,1-2H3,(H,14,16)/t8-,9-/m0/s1. The van der Waals surface area contributed by atoms with Crippen LogP contribution in [0, 0.1) is 0 Å². The Morgan fingerprint density at radius 3 is 2.20 bits per heavy atom. The third-order valence-corrected chi connectivity index (χ3v) is 2.36. The minimum absolute atomic E-state index is 0.0596. The van der Waals surface area contributed by atoms with Crippen molar-refractivity contribution >= 4 is 17.8 Å². The lowest BCUT2D eigenvalue weighted by Gasteiger charge is -2.15. The van der Waals surface area contributed by atoms with Gasteiger partial charge in [0.05, 0.1) is 19.8 Å². The van der Waals surface area contributed by atoms with Gasteiger partial charge in [0, 0.05) is 6.42 Å². The van der Waals surface area contributed by atoms with Crippen molar-refractivity contribution in [3.05, 3.63) is 0 Å². The van der Waals surface area contributed by atoms with Crippen molar-refractivity contribution in [2.45, 2.75) is 38.8 Å². The van der Waals surface area contributed by atoms with Gasteiger partial charge in [-0.25, -0.2) is 4.79 Å². The molecule has 0 saturated carbocycles. The number of ether oxygens (including phenoxy) is 2. The fourth-order valence-corrected chi connectivity index (χ4v) is 1.34. The number of hydrogen-bond donors (Lipinski definition) is 3. The molecule has 8 nitrogen and oxygen atoms in total.